The molecule has 0 aliphatic carbocycles. The van der Waals surface area contributed by atoms with Crippen LogP contribution in [0.2, 0.25) is 0 Å². The van der Waals surface area contributed by atoms with Gasteiger partial charge in [-0.2, -0.15) is 0 Å². The van der Waals surface area contributed by atoms with Crippen molar-refractivity contribution in [3.63, 3.8) is 0 Å². The second-order valence-electron chi connectivity index (χ2n) is 5.98. The van der Waals surface area contributed by atoms with E-state index in [-0.39, 0.29) is 24.2 Å². The van der Waals surface area contributed by atoms with Crippen LogP contribution in [0.5, 0.6) is 5.88 Å². The van der Waals surface area contributed by atoms with Crippen molar-refractivity contribution in [2.24, 2.45) is 0 Å². The third kappa shape index (κ3) is 4.23. The summed E-state index contributed by atoms with van der Waals surface area (Å²) in [5, 5.41) is 3.32. The summed E-state index contributed by atoms with van der Waals surface area (Å²) in [7, 11) is 1.55. The lowest BCUT2D eigenvalue weighted by Gasteiger charge is -2.32. The van der Waals surface area contributed by atoms with Crippen LogP contribution in [0, 0.1) is 5.82 Å². The number of anilines is 1. The molecule has 0 spiro atoms. The van der Waals surface area contributed by atoms with Gasteiger partial charge in [0.15, 0.2) is 5.82 Å². The van der Waals surface area contributed by atoms with Crippen molar-refractivity contribution < 1.29 is 13.9 Å². The SMILES string of the molecule is COc1nccnc1NC1CCN(C(=O)Cc2ccccc2F)CC1. The Bertz CT molecular complexity index is 733. The summed E-state index contributed by atoms with van der Waals surface area (Å²) in [5.41, 5.74) is 0.442. The molecule has 2 aromatic rings. The normalized spacial score (nSPS) is 15.0. The quantitative estimate of drug-likeness (QED) is 0.901. The molecule has 0 saturated carbocycles. The van der Waals surface area contributed by atoms with Crippen LogP contribution in [0.4, 0.5) is 10.2 Å². The highest BCUT2D eigenvalue weighted by atomic mass is 19.1. The molecule has 1 aromatic heterocycles. The molecule has 7 heteroatoms. The summed E-state index contributed by atoms with van der Waals surface area (Å²) in [5.74, 6) is 0.699. The van der Waals surface area contributed by atoms with E-state index in [9.17, 15) is 9.18 Å². The molecule has 3 rings (SSSR count). The minimum Gasteiger partial charge on any atom is -0.478 e. The fourth-order valence-corrected chi connectivity index (χ4v) is 2.96. The molecule has 0 radical (unpaired) electrons. The molecule has 6 nitrogen and oxygen atoms in total. The fraction of sp³-hybridized carbons (Fsp3) is 0.389. The molecule has 1 saturated heterocycles. The first-order valence-electron chi connectivity index (χ1n) is 8.30. The third-order valence-corrected chi connectivity index (χ3v) is 4.35. The van der Waals surface area contributed by atoms with Crippen molar-refractivity contribution in [3.05, 3.63) is 48.0 Å². The summed E-state index contributed by atoms with van der Waals surface area (Å²) >= 11 is 0. The van der Waals surface area contributed by atoms with Gasteiger partial charge in [0.1, 0.15) is 5.82 Å². The number of rotatable bonds is 5. The zero-order valence-electron chi connectivity index (χ0n) is 14.1. The van der Waals surface area contributed by atoms with E-state index >= 15 is 0 Å². The number of nitrogens with zero attached hydrogens (tertiary/aromatic N) is 3. The molecule has 1 aliphatic rings. The van der Waals surface area contributed by atoms with Crippen molar-refractivity contribution in [1.82, 2.24) is 14.9 Å². The second kappa shape index (κ2) is 7.92. The largest absolute Gasteiger partial charge is 0.478 e. The Hall–Kier alpha value is -2.70. The monoisotopic (exact) mass is 344 g/mol. The van der Waals surface area contributed by atoms with Gasteiger partial charge >= 0.3 is 0 Å². The standard InChI is InChI=1S/C18H21FN4O2/c1-25-18-17(20-8-9-21-18)22-14-6-10-23(11-7-14)16(24)12-13-4-2-3-5-15(13)19/h2-5,8-9,14H,6-7,10-12H2,1H3,(H,20,22). The number of amides is 1. The van der Waals surface area contributed by atoms with E-state index in [1.165, 1.54) is 6.07 Å². The number of nitrogens with one attached hydrogen (secondary N) is 1. The number of methoxy groups -OCH3 is 1. The van der Waals surface area contributed by atoms with Crippen molar-refractivity contribution in [3.8, 4) is 5.88 Å². The molecule has 0 atom stereocenters. The molecule has 2 heterocycles. The average Bonchev–Trinajstić information content (AvgIpc) is 2.64. The topological polar surface area (TPSA) is 67.4 Å². The highest BCUT2D eigenvalue weighted by Crippen LogP contribution is 2.22. The van der Waals surface area contributed by atoms with Crippen LogP contribution in [0.1, 0.15) is 18.4 Å². The minimum atomic E-state index is -0.331. The van der Waals surface area contributed by atoms with Crippen LogP contribution in [0.15, 0.2) is 36.7 Å². The lowest BCUT2D eigenvalue weighted by molar-refractivity contribution is -0.131. The van der Waals surface area contributed by atoms with E-state index in [2.05, 4.69) is 15.3 Å². The number of aromatic nitrogens is 2. The van der Waals surface area contributed by atoms with E-state index in [0.717, 1.165) is 12.8 Å². The van der Waals surface area contributed by atoms with Gasteiger partial charge in [-0.1, -0.05) is 18.2 Å². The molecule has 132 valence electrons. The van der Waals surface area contributed by atoms with Crippen LogP contribution in [0.3, 0.4) is 0 Å². The zero-order chi connectivity index (χ0) is 17.6. The zero-order valence-corrected chi connectivity index (χ0v) is 14.1. The Balaban J connectivity index is 1.53. The molecular weight excluding hydrogens is 323 g/mol. The van der Waals surface area contributed by atoms with Crippen LogP contribution in [-0.4, -0.2) is 47.0 Å². The highest BCUT2D eigenvalue weighted by Gasteiger charge is 2.24. The van der Waals surface area contributed by atoms with E-state index in [0.29, 0.717) is 30.4 Å². The number of benzene rings is 1. The lowest BCUT2D eigenvalue weighted by atomic mass is 10.0. The fourth-order valence-electron chi connectivity index (χ4n) is 2.96. The van der Waals surface area contributed by atoms with Crippen LogP contribution in [0.25, 0.3) is 0 Å². The Morgan fingerprint density at radius 1 is 1.28 bits per heavy atom. The molecule has 0 bridgehead atoms. The number of carbonyl (C=O) groups is 1. The maximum absolute atomic E-state index is 13.7. The average molecular weight is 344 g/mol. The van der Waals surface area contributed by atoms with Gasteiger partial charge in [0.2, 0.25) is 5.91 Å². The Morgan fingerprint density at radius 3 is 2.72 bits per heavy atom. The third-order valence-electron chi connectivity index (χ3n) is 4.35. The van der Waals surface area contributed by atoms with Crippen molar-refractivity contribution >= 4 is 11.7 Å². The summed E-state index contributed by atoms with van der Waals surface area (Å²) in [6, 6.07) is 6.61. The van der Waals surface area contributed by atoms with E-state index in [1.807, 2.05) is 0 Å². The van der Waals surface area contributed by atoms with Crippen LogP contribution in [-0.2, 0) is 11.2 Å². The van der Waals surface area contributed by atoms with Gasteiger partial charge in [0.25, 0.3) is 5.88 Å². The number of piperidine rings is 1. The van der Waals surface area contributed by atoms with Gasteiger partial charge in [-0.25, -0.2) is 14.4 Å². The van der Waals surface area contributed by atoms with Gasteiger partial charge in [-0.05, 0) is 24.5 Å². The van der Waals surface area contributed by atoms with Crippen LogP contribution >= 0.6 is 0 Å². The Morgan fingerprint density at radius 2 is 2.00 bits per heavy atom. The molecule has 25 heavy (non-hydrogen) atoms. The molecule has 1 aliphatic heterocycles. The number of hydrogen-bond acceptors (Lipinski definition) is 5. The van der Waals surface area contributed by atoms with Crippen molar-refractivity contribution in [1.29, 1.82) is 0 Å². The molecule has 1 amide bonds. The Labute approximate surface area is 146 Å². The molecule has 0 unspecified atom stereocenters. The molecule has 1 N–H and O–H groups in total. The van der Waals surface area contributed by atoms with E-state index < -0.39 is 0 Å². The number of hydrogen-bond donors (Lipinski definition) is 1. The summed E-state index contributed by atoms with van der Waals surface area (Å²) in [6.07, 6.45) is 4.88. The number of halogens is 1. The first kappa shape index (κ1) is 17.1. The van der Waals surface area contributed by atoms with Crippen molar-refractivity contribution in [2.45, 2.75) is 25.3 Å². The predicted molar refractivity (Wildman–Crippen MR) is 91.9 cm³/mol. The summed E-state index contributed by atoms with van der Waals surface area (Å²) in [4.78, 5) is 22.5. The molecule has 1 fully saturated rings. The first-order valence-corrected chi connectivity index (χ1v) is 8.30. The summed E-state index contributed by atoms with van der Waals surface area (Å²) < 4.78 is 18.9. The van der Waals surface area contributed by atoms with E-state index in [1.54, 1.807) is 42.6 Å². The maximum Gasteiger partial charge on any atom is 0.257 e. The number of likely N-dealkylation sites (tertiary alicyclic amines) is 1. The molecular formula is C18H21FN4O2. The maximum atomic E-state index is 13.7. The van der Waals surface area contributed by atoms with Gasteiger partial charge < -0.3 is 15.0 Å². The lowest BCUT2D eigenvalue weighted by Crippen LogP contribution is -2.43. The highest BCUT2D eigenvalue weighted by molar-refractivity contribution is 5.79. The number of ether oxygens (including phenoxy) is 1. The smallest absolute Gasteiger partial charge is 0.257 e. The second-order valence-corrected chi connectivity index (χ2v) is 5.98. The Kier molecular flexibility index (Phi) is 5.42. The molecule has 1 aromatic carbocycles. The summed E-state index contributed by atoms with van der Waals surface area (Å²) in [6.45, 7) is 1.26. The van der Waals surface area contributed by atoms with Crippen LogP contribution < -0.4 is 10.1 Å². The predicted octanol–water partition coefficient (Wildman–Crippen LogP) is 2.27. The minimum absolute atomic E-state index is 0.0411. The number of carbonyl (C=O) groups excluding carboxylic acids is 1. The van der Waals surface area contributed by atoms with E-state index in [4.69, 9.17) is 4.74 Å². The van der Waals surface area contributed by atoms with Gasteiger partial charge in [-0.3, -0.25) is 4.79 Å². The van der Waals surface area contributed by atoms with Crippen molar-refractivity contribution in [2.75, 3.05) is 25.5 Å². The van der Waals surface area contributed by atoms with Gasteiger partial charge in [0, 0.05) is 31.5 Å². The van der Waals surface area contributed by atoms with Gasteiger partial charge in [-0.15, -0.1) is 0 Å². The van der Waals surface area contributed by atoms with Gasteiger partial charge in [0.05, 0.1) is 13.5 Å². The first-order chi connectivity index (χ1) is 12.2.